The van der Waals surface area contributed by atoms with Crippen LogP contribution in [0.25, 0.3) is 0 Å². The summed E-state index contributed by atoms with van der Waals surface area (Å²) < 4.78 is 38.6. The Hall–Kier alpha value is -1.10. The second kappa shape index (κ2) is 4.61. The van der Waals surface area contributed by atoms with Crippen LogP contribution in [0.1, 0.15) is 18.4 Å². The minimum Gasteiger partial charge on any atom is -0.496 e. The highest BCUT2D eigenvalue weighted by Crippen LogP contribution is 2.27. The summed E-state index contributed by atoms with van der Waals surface area (Å²) in [6.07, 6.45) is 0. The van der Waals surface area contributed by atoms with Crippen molar-refractivity contribution >= 4 is 10.2 Å². The van der Waals surface area contributed by atoms with Crippen molar-refractivity contribution in [2.75, 3.05) is 12.9 Å². The van der Waals surface area contributed by atoms with Gasteiger partial charge < -0.3 is 4.74 Å². The molecule has 0 bridgehead atoms. The van der Waals surface area contributed by atoms with Crippen LogP contribution in [0.15, 0.2) is 24.3 Å². The first-order valence-electron chi connectivity index (χ1n) is 4.49. The normalized spacial score (nSPS) is 13.5. The van der Waals surface area contributed by atoms with Crippen LogP contribution in [-0.4, -0.2) is 21.3 Å². The molecule has 0 radical (unpaired) electrons. The van der Waals surface area contributed by atoms with E-state index in [2.05, 4.69) is 0 Å². The summed E-state index contributed by atoms with van der Waals surface area (Å²) in [7, 11) is -2.96. The molecule has 0 N–H and O–H groups in total. The zero-order valence-electron chi connectivity index (χ0n) is 8.60. The molecule has 0 fully saturated rings. The Morgan fingerprint density at radius 3 is 2.53 bits per heavy atom. The Labute approximate surface area is 89.1 Å². The summed E-state index contributed by atoms with van der Waals surface area (Å²) in [5.41, 5.74) is 0.696. The standard InChI is InChI=1S/C10H13FO3S/c1-8(7-15(11,12)13)9-5-3-4-6-10(9)14-2/h3-6,8H,7H2,1-2H3. The zero-order chi connectivity index (χ0) is 11.5. The monoisotopic (exact) mass is 232 g/mol. The number of para-hydroxylation sites is 1. The number of rotatable bonds is 4. The molecule has 1 atom stereocenters. The lowest BCUT2D eigenvalue weighted by Gasteiger charge is -2.13. The van der Waals surface area contributed by atoms with Crippen molar-refractivity contribution in [3.8, 4) is 5.75 Å². The fourth-order valence-corrected chi connectivity index (χ4v) is 2.24. The van der Waals surface area contributed by atoms with Crippen molar-refractivity contribution in [1.29, 1.82) is 0 Å². The number of methoxy groups -OCH3 is 1. The Morgan fingerprint density at radius 1 is 1.40 bits per heavy atom. The van der Waals surface area contributed by atoms with Gasteiger partial charge in [-0.25, -0.2) is 0 Å². The number of hydrogen-bond acceptors (Lipinski definition) is 3. The second-order valence-corrected chi connectivity index (χ2v) is 4.76. The van der Waals surface area contributed by atoms with E-state index in [4.69, 9.17) is 4.74 Å². The van der Waals surface area contributed by atoms with Crippen LogP contribution >= 0.6 is 0 Å². The van der Waals surface area contributed by atoms with Crippen molar-refractivity contribution in [1.82, 2.24) is 0 Å². The lowest BCUT2D eigenvalue weighted by molar-refractivity contribution is 0.407. The van der Waals surface area contributed by atoms with Gasteiger partial charge in [-0.15, -0.1) is 3.89 Å². The van der Waals surface area contributed by atoms with Crippen LogP contribution < -0.4 is 4.74 Å². The van der Waals surface area contributed by atoms with E-state index in [1.54, 1.807) is 31.2 Å². The minimum atomic E-state index is -4.45. The van der Waals surface area contributed by atoms with E-state index in [-0.39, 0.29) is 0 Å². The fourth-order valence-electron chi connectivity index (χ4n) is 1.46. The van der Waals surface area contributed by atoms with Gasteiger partial charge in [0, 0.05) is 5.92 Å². The molecule has 3 nitrogen and oxygen atoms in total. The molecule has 0 spiro atoms. The predicted molar refractivity (Wildman–Crippen MR) is 56.3 cm³/mol. The molecule has 1 unspecified atom stereocenters. The van der Waals surface area contributed by atoms with Gasteiger partial charge in [-0.1, -0.05) is 25.1 Å². The molecule has 0 aromatic heterocycles. The average Bonchev–Trinajstić information content (AvgIpc) is 2.15. The van der Waals surface area contributed by atoms with Gasteiger partial charge in [0.15, 0.2) is 0 Å². The first-order valence-corrected chi connectivity index (χ1v) is 6.04. The molecule has 0 amide bonds. The van der Waals surface area contributed by atoms with E-state index in [0.717, 1.165) is 0 Å². The molecule has 0 saturated heterocycles. The maximum absolute atomic E-state index is 12.5. The van der Waals surface area contributed by atoms with Crippen LogP contribution in [0.4, 0.5) is 3.89 Å². The average molecular weight is 232 g/mol. The number of ether oxygens (including phenoxy) is 1. The quantitative estimate of drug-likeness (QED) is 0.747. The molecule has 0 saturated carbocycles. The van der Waals surface area contributed by atoms with Gasteiger partial charge in [0.1, 0.15) is 5.75 Å². The van der Waals surface area contributed by atoms with Crippen LogP contribution in [0.2, 0.25) is 0 Å². The van der Waals surface area contributed by atoms with Crippen LogP contribution in [0, 0.1) is 0 Å². The topological polar surface area (TPSA) is 43.4 Å². The van der Waals surface area contributed by atoms with E-state index in [1.165, 1.54) is 7.11 Å². The fraction of sp³-hybridized carbons (Fsp3) is 0.400. The van der Waals surface area contributed by atoms with Crippen molar-refractivity contribution in [3.63, 3.8) is 0 Å². The molecule has 0 aliphatic carbocycles. The Bertz CT molecular complexity index is 428. The van der Waals surface area contributed by atoms with Gasteiger partial charge in [-0.3, -0.25) is 0 Å². The summed E-state index contributed by atoms with van der Waals surface area (Å²) in [5, 5.41) is 0. The third kappa shape index (κ3) is 3.51. The van der Waals surface area contributed by atoms with Crippen molar-refractivity contribution in [2.45, 2.75) is 12.8 Å². The minimum absolute atomic E-state index is 0.420. The molecular formula is C10H13FO3S. The maximum atomic E-state index is 12.5. The van der Waals surface area contributed by atoms with Crippen molar-refractivity contribution < 1.29 is 17.0 Å². The highest BCUT2D eigenvalue weighted by molar-refractivity contribution is 7.86. The van der Waals surface area contributed by atoms with Crippen LogP contribution in [0.3, 0.4) is 0 Å². The van der Waals surface area contributed by atoms with Gasteiger partial charge in [-0.2, -0.15) is 8.42 Å². The lowest BCUT2D eigenvalue weighted by Crippen LogP contribution is -2.08. The van der Waals surface area contributed by atoms with Crippen molar-refractivity contribution in [2.24, 2.45) is 0 Å². The van der Waals surface area contributed by atoms with E-state index < -0.39 is 21.9 Å². The van der Waals surface area contributed by atoms with Gasteiger partial charge in [-0.05, 0) is 11.6 Å². The molecule has 84 valence electrons. The number of benzene rings is 1. The maximum Gasteiger partial charge on any atom is 0.303 e. The Kier molecular flexibility index (Phi) is 3.68. The third-order valence-corrected chi connectivity index (χ3v) is 3.02. The highest BCUT2D eigenvalue weighted by Gasteiger charge is 2.18. The Balaban J connectivity index is 2.95. The third-order valence-electron chi connectivity index (χ3n) is 2.12. The molecule has 5 heteroatoms. The molecule has 1 rings (SSSR count). The van der Waals surface area contributed by atoms with Gasteiger partial charge >= 0.3 is 10.2 Å². The molecule has 1 aromatic rings. The van der Waals surface area contributed by atoms with E-state index in [0.29, 0.717) is 11.3 Å². The van der Waals surface area contributed by atoms with Crippen molar-refractivity contribution in [3.05, 3.63) is 29.8 Å². The second-order valence-electron chi connectivity index (χ2n) is 3.35. The first-order chi connectivity index (χ1) is 6.94. The molecule has 0 aliphatic heterocycles. The van der Waals surface area contributed by atoms with E-state index >= 15 is 0 Å². The van der Waals surface area contributed by atoms with E-state index in [1.807, 2.05) is 0 Å². The largest absolute Gasteiger partial charge is 0.496 e. The highest BCUT2D eigenvalue weighted by atomic mass is 32.3. The van der Waals surface area contributed by atoms with Gasteiger partial charge in [0.25, 0.3) is 0 Å². The molecular weight excluding hydrogens is 219 g/mol. The molecule has 0 aliphatic rings. The van der Waals surface area contributed by atoms with Crippen LogP contribution in [0.5, 0.6) is 5.75 Å². The zero-order valence-corrected chi connectivity index (χ0v) is 9.42. The Morgan fingerprint density at radius 2 is 2.00 bits per heavy atom. The van der Waals surface area contributed by atoms with E-state index in [9.17, 15) is 12.3 Å². The molecule has 15 heavy (non-hydrogen) atoms. The summed E-state index contributed by atoms with van der Waals surface area (Å²) in [6, 6.07) is 6.99. The molecule has 1 aromatic carbocycles. The summed E-state index contributed by atoms with van der Waals surface area (Å²) in [4.78, 5) is 0. The SMILES string of the molecule is COc1ccccc1C(C)CS(=O)(=O)F. The summed E-state index contributed by atoms with van der Waals surface area (Å²) in [6.45, 7) is 1.65. The smallest absolute Gasteiger partial charge is 0.303 e. The number of halogens is 1. The van der Waals surface area contributed by atoms with Crippen LogP contribution in [-0.2, 0) is 10.2 Å². The van der Waals surface area contributed by atoms with Gasteiger partial charge in [0.05, 0.1) is 12.9 Å². The molecule has 0 heterocycles. The lowest BCUT2D eigenvalue weighted by atomic mass is 10.0. The van der Waals surface area contributed by atoms with Gasteiger partial charge in [0.2, 0.25) is 0 Å². The summed E-state index contributed by atoms with van der Waals surface area (Å²) >= 11 is 0. The number of hydrogen-bond donors (Lipinski definition) is 0. The first kappa shape index (κ1) is 12.0. The summed E-state index contributed by atoms with van der Waals surface area (Å²) in [5.74, 6) is -0.363. The predicted octanol–water partition coefficient (Wildman–Crippen LogP) is 2.10.